The van der Waals surface area contributed by atoms with Crippen LogP contribution < -0.4 is 26.4 Å². The average molecular weight is 526 g/mol. The number of hydrogen-bond donors (Lipinski definition) is 4. The van der Waals surface area contributed by atoms with Gasteiger partial charge in [-0.3, -0.25) is 19.3 Å². The summed E-state index contributed by atoms with van der Waals surface area (Å²) in [7, 11) is 0. The fourth-order valence-electron chi connectivity index (χ4n) is 3.68. The number of amides is 3. The molecule has 0 saturated carbocycles. The first-order valence-electron chi connectivity index (χ1n) is 11.8. The molecule has 1 aromatic heterocycles. The van der Waals surface area contributed by atoms with Crippen molar-refractivity contribution in [3.63, 3.8) is 0 Å². The molecule has 0 bridgehead atoms. The zero-order valence-corrected chi connectivity index (χ0v) is 21.7. The molecule has 10 nitrogen and oxygen atoms in total. The molecular weight excluding hydrogens is 494 g/mol. The lowest BCUT2D eigenvalue weighted by atomic mass is 10.0. The Balaban J connectivity index is 2.15. The topological polar surface area (TPSA) is 161 Å². The minimum Gasteiger partial charge on any atom is -0.508 e. The first-order chi connectivity index (χ1) is 17.6. The summed E-state index contributed by atoms with van der Waals surface area (Å²) in [5.74, 6) is -1.11. The summed E-state index contributed by atoms with van der Waals surface area (Å²) in [5, 5.41) is 13.1. The van der Waals surface area contributed by atoms with Gasteiger partial charge in [-0.2, -0.15) is 4.37 Å². The number of anilines is 2. The number of nitrogen functional groups attached to an aromatic ring is 1. The molecule has 0 aliphatic carbocycles. The second kappa shape index (κ2) is 12.2. The quantitative estimate of drug-likeness (QED) is 0.298. The number of benzene rings is 2. The van der Waals surface area contributed by atoms with E-state index in [2.05, 4.69) is 9.69 Å². The molecule has 0 aliphatic heterocycles. The van der Waals surface area contributed by atoms with Crippen LogP contribution in [0.15, 0.2) is 48.5 Å². The lowest BCUT2D eigenvalue weighted by Crippen LogP contribution is -2.44. The zero-order valence-electron chi connectivity index (χ0n) is 20.9. The molecule has 3 amide bonds. The standard InChI is InChI=1S/C26H31N5O5S/c1-4-36-19-10-8-16(9-11-19)22(25(34)29-13-12-15(2)3)31(17-6-5-7-18(32)14-17)26(35)23-20(27)21(24(28)33)30-37-23/h5-11,14-15,22,32H,4,12-13,27H2,1-3H3,(H2,28,33)(H,29,34)/t22-/m0/s1. The van der Waals surface area contributed by atoms with Crippen LogP contribution in [-0.2, 0) is 4.79 Å². The Morgan fingerprint density at radius 3 is 2.43 bits per heavy atom. The smallest absolute Gasteiger partial charge is 0.273 e. The van der Waals surface area contributed by atoms with E-state index in [0.717, 1.165) is 6.42 Å². The lowest BCUT2D eigenvalue weighted by Gasteiger charge is -2.31. The van der Waals surface area contributed by atoms with Crippen molar-refractivity contribution in [1.82, 2.24) is 9.69 Å². The minimum absolute atomic E-state index is 0.0527. The number of ether oxygens (including phenoxy) is 1. The van der Waals surface area contributed by atoms with Gasteiger partial charge in [0.2, 0.25) is 5.91 Å². The summed E-state index contributed by atoms with van der Waals surface area (Å²) in [4.78, 5) is 40.5. The number of phenols is 1. The Kier molecular flexibility index (Phi) is 9.07. The molecular formula is C26H31N5O5S. The third-order valence-electron chi connectivity index (χ3n) is 5.52. The molecule has 11 heteroatoms. The van der Waals surface area contributed by atoms with Gasteiger partial charge in [0, 0.05) is 18.3 Å². The minimum atomic E-state index is -1.14. The molecule has 0 fully saturated rings. The van der Waals surface area contributed by atoms with Gasteiger partial charge >= 0.3 is 0 Å². The Hall–Kier alpha value is -4.12. The first kappa shape index (κ1) is 27.5. The van der Waals surface area contributed by atoms with Crippen LogP contribution in [-0.4, -0.2) is 40.4 Å². The predicted molar refractivity (Wildman–Crippen MR) is 143 cm³/mol. The third kappa shape index (κ3) is 6.56. The van der Waals surface area contributed by atoms with Gasteiger partial charge in [0.25, 0.3) is 11.8 Å². The van der Waals surface area contributed by atoms with Crippen LogP contribution in [0.1, 0.15) is 59.0 Å². The van der Waals surface area contributed by atoms with Crippen molar-refractivity contribution in [2.45, 2.75) is 33.2 Å². The number of aromatic hydroxyl groups is 1. The first-order valence-corrected chi connectivity index (χ1v) is 12.6. The van der Waals surface area contributed by atoms with Crippen molar-refractivity contribution >= 4 is 40.6 Å². The normalized spacial score (nSPS) is 11.7. The highest BCUT2D eigenvalue weighted by atomic mass is 32.1. The molecule has 0 aliphatic rings. The Labute approximate surface area is 219 Å². The van der Waals surface area contributed by atoms with Crippen molar-refractivity contribution in [1.29, 1.82) is 0 Å². The van der Waals surface area contributed by atoms with Crippen LogP contribution in [0.4, 0.5) is 11.4 Å². The van der Waals surface area contributed by atoms with Gasteiger partial charge in [-0.1, -0.05) is 32.0 Å². The summed E-state index contributed by atoms with van der Waals surface area (Å²) in [6.07, 6.45) is 0.742. The second-order valence-electron chi connectivity index (χ2n) is 8.71. The maximum Gasteiger partial charge on any atom is 0.273 e. The van der Waals surface area contributed by atoms with Crippen LogP contribution >= 0.6 is 11.5 Å². The number of hydrogen-bond acceptors (Lipinski definition) is 8. The monoisotopic (exact) mass is 525 g/mol. The Morgan fingerprint density at radius 1 is 1.16 bits per heavy atom. The lowest BCUT2D eigenvalue weighted by molar-refractivity contribution is -0.122. The Bertz CT molecular complexity index is 1260. The number of carbonyl (C=O) groups is 3. The number of primary amides is 1. The van der Waals surface area contributed by atoms with E-state index in [0.29, 0.717) is 41.9 Å². The molecule has 196 valence electrons. The van der Waals surface area contributed by atoms with Gasteiger partial charge in [0.15, 0.2) is 5.69 Å². The van der Waals surface area contributed by atoms with E-state index < -0.39 is 23.8 Å². The molecule has 0 saturated heterocycles. The van der Waals surface area contributed by atoms with Gasteiger partial charge in [0.05, 0.1) is 12.3 Å². The van der Waals surface area contributed by atoms with Crippen molar-refractivity contribution in [3.05, 3.63) is 64.7 Å². The Morgan fingerprint density at radius 2 is 1.86 bits per heavy atom. The van der Waals surface area contributed by atoms with Crippen LogP contribution in [0.3, 0.4) is 0 Å². The summed E-state index contributed by atoms with van der Waals surface area (Å²) >= 11 is 0.714. The molecule has 3 rings (SSSR count). The van der Waals surface area contributed by atoms with Gasteiger partial charge in [-0.15, -0.1) is 0 Å². The van der Waals surface area contributed by atoms with E-state index in [9.17, 15) is 19.5 Å². The number of aromatic nitrogens is 1. The van der Waals surface area contributed by atoms with Gasteiger partial charge < -0.3 is 26.6 Å². The molecule has 3 aromatic rings. The highest BCUT2D eigenvalue weighted by Crippen LogP contribution is 2.35. The molecule has 2 aromatic carbocycles. The van der Waals surface area contributed by atoms with Crippen LogP contribution in [0, 0.1) is 5.92 Å². The molecule has 0 radical (unpaired) electrons. The number of nitrogens with zero attached hydrogens (tertiary/aromatic N) is 2. The summed E-state index contributed by atoms with van der Waals surface area (Å²) in [6.45, 7) is 6.82. The second-order valence-corrected chi connectivity index (χ2v) is 9.48. The highest BCUT2D eigenvalue weighted by molar-refractivity contribution is 7.09. The number of nitrogens with one attached hydrogen (secondary N) is 1. The van der Waals surface area contributed by atoms with Crippen molar-refractivity contribution in [2.75, 3.05) is 23.8 Å². The van der Waals surface area contributed by atoms with E-state index in [1.807, 2.05) is 20.8 Å². The van der Waals surface area contributed by atoms with Gasteiger partial charge in [-0.25, -0.2) is 0 Å². The molecule has 0 spiro atoms. The fraction of sp³-hybridized carbons (Fsp3) is 0.308. The highest BCUT2D eigenvalue weighted by Gasteiger charge is 2.36. The van der Waals surface area contributed by atoms with Gasteiger partial charge in [-0.05, 0) is 60.6 Å². The van der Waals surface area contributed by atoms with E-state index in [-0.39, 0.29) is 27.7 Å². The van der Waals surface area contributed by atoms with Crippen molar-refractivity contribution in [2.24, 2.45) is 11.7 Å². The maximum absolute atomic E-state index is 14.0. The molecule has 0 unspecified atom stereocenters. The largest absolute Gasteiger partial charge is 0.508 e. The summed E-state index contributed by atoms with van der Waals surface area (Å²) in [6, 6.07) is 11.6. The van der Waals surface area contributed by atoms with E-state index in [1.54, 1.807) is 36.4 Å². The number of nitrogens with two attached hydrogens (primary N) is 2. The van der Waals surface area contributed by atoms with Crippen molar-refractivity contribution in [3.8, 4) is 11.5 Å². The predicted octanol–water partition coefficient (Wildman–Crippen LogP) is 3.48. The number of phenolic OH excluding ortho intramolecular Hbond substituents is 1. The maximum atomic E-state index is 14.0. The number of rotatable bonds is 11. The zero-order chi connectivity index (χ0) is 27.1. The van der Waals surface area contributed by atoms with E-state index >= 15 is 0 Å². The molecule has 6 N–H and O–H groups in total. The van der Waals surface area contributed by atoms with E-state index in [1.165, 1.54) is 17.0 Å². The average Bonchev–Trinajstić information content (AvgIpc) is 3.24. The third-order valence-corrected chi connectivity index (χ3v) is 6.37. The fourth-order valence-corrected chi connectivity index (χ4v) is 4.42. The summed E-state index contributed by atoms with van der Waals surface area (Å²) < 4.78 is 9.47. The summed E-state index contributed by atoms with van der Waals surface area (Å²) in [5.41, 5.74) is 11.8. The van der Waals surface area contributed by atoms with Crippen LogP contribution in [0.5, 0.6) is 11.5 Å². The van der Waals surface area contributed by atoms with Crippen molar-refractivity contribution < 1.29 is 24.2 Å². The number of carbonyl (C=O) groups excluding carboxylic acids is 3. The molecule has 1 heterocycles. The molecule has 1 atom stereocenters. The van der Waals surface area contributed by atoms with Gasteiger partial charge in [0.1, 0.15) is 22.4 Å². The van der Waals surface area contributed by atoms with E-state index in [4.69, 9.17) is 16.2 Å². The molecule has 37 heavy (non-hydrogen) atoms. The SMILES string of the molecule is CCOc1ccc([C@@H](C(=O)NCCC(C)C)N(C(=O)c2snc(C(N)=O)c2N)c2cccc(O)c2)cc1. The van der Waals surface area contributed by atoms with Crippen LogP contribution in [0.25, 0.3) is 0 Å². The van der Waals surface area contributed by atoms with Crippen LogP contribution in [0.2, 0.25) is 0 Å².